The van der Waals surface area contributed by atoms with Gasteiger partial charge in [0.25, 0.3) is 11.8 Å². The molecule has 107 heavy (non-hydrogen) atoms. The second-order valence-electron chi connectivity index (χ2n) is 28.4. The molecule has 2 unspecified atom stereocenters. The first-order chi connectivity index (χ1) is 52.2. The van der Waals surface area contributed by atoms with E-state index in [1.54, 1.807) is 63.0 Å². The number of halogens is 3. The Morgan fingerprint density at radius 3 is 1.55 bits per heavy atom. The van der Waals surface area contributed by atoms with Gasteiger partial charge in [0, 0.05) is 86.2 Å². The first-order valence-electron chi connectivity index (χ1n) is 36.8. The van der Waals surface area contributed by atoms with Gasteiger partial charge in [-0.2, -0.15) is 4.39 Å². The van der Waals surface area contributed by atoms with Crippen LogP contribution in [-0.4, -0.2) is 136 Å². The molecule has 4 atom stereocenters. The van der Waals surface area contributed by atoms with Crippen LogP contribution in [0.5, 0.6) is 0 Å². The third-order valence-corrected chi connectivity index (χ3v) is 21.5. The van der Waals surface area contributed by atoms with Crippen LogP contribution in [0, 0.1) is 53.1 Å². The molecule has 4 aromatic carbocycles. The van der Waals surface area contributed by atoms with Crippen molar-refractivity contribution in [3.8, 4) is 46.5 Å². The average Bonchev–Trinajstić information content (AvgIpc) is 1.66. The lowest BCUT2D eigenvalue weighted by Gasteiger charge is -2.31. The smallest absolute Gasteiger partial charge is 0.255 e. The van der Waals surface area contributed by atoms with Crippen LogP contribution in [0.25, 0.3) is 34.1 Å². The molecule has 7 aliphatic heterocycles. The number of aromatic nitrogens is 8. The van der Waals surface area contributed by atoms with Gasteiger partial charge in [0.15, 0.2) is 17.1 Å². The van der Waals surface area contributed by atoms with E-state index in [1.165, 1.54) is 18.2 Å². The molecule has 540 valence electrons. The van der Waals surface area contributed by atoms with Crippen LogP contribution in [0.2, 0.25) is 0 Å². The zero-order valence-electron chi connectivity index (χ0n) is 58.7. The molecule has 21 nitrogen and oxygen atoms in total. The topological polar surface area (TPSA) is 229 Å². The predicted octanol–water partition coefficient (Wildman–Crippen LogP) is 11.4. The predicted molar refractivity (Wildman–Crippen MR) is 395 cm³/mol. The fourth-order valence-electron chi connectivity index (χ4n) is 16.0. The van der Waals surface area contributed by atoms with Crippen LogP contribution < -0.4 is 25.3 Å². The maximum atomic E-state index is 14.1. The highest BCUT2D eigenvalue weighted by atomic mass is 19.1. The summed E-state index contributed by atoms with van der Waals surface area (Å²) in [7, 11) is 0. The molecule has 10 aromatic rings. The van der Waals surface area contributed by atoms with Gasteiger partial charge in [0.2, 0.25) is 17.8 Å². The number of imide groups is 1. The quantitative estimate of drug-likeness (QED) is 0.0592. The summed E-state index contributed by atoms with van der Waals surface area (Å²) in [6.07, 6.45) is 12.6. The number of ketones is 2. The number of pyridine rings is 2. The minimum Gasteiger partial charge on any atom is -0.357 e. The standard InChI is InChI=1S/C42H38FN7O3.C21H17F2N5.C20H21N3O3/c43-31-5-1-4-29(23-31)35-7-3-19-48(35)41-16-15-39-44-25-37(50(39)46-41)34-6-2-8-40(45-34)47-20-17-27(18-21-47)9-10-28-11-13-33-30(22-28)26-49(42(33)53)36-14-12-32(51)24-38(36)52;22-15-5-1-4-14(12-15)17-7-3-11-27(17)21-10-9-20-24-13-18(28(20)26-21)16-6-2-8-19(23)25-16;24-18-6-5-17(19(25)22-18)23-12-15-11-14(3-4-16(15)20(23)26)2-1-13-7-9-21-10-8-13/h1-2,4-6,8,11,13,15-16,22-23,25,27,35-36H,3,7,12,14,17-21,24,26H2;1-2,4-6,8-10,12-13,17H,3,7,11H2;3-4,11,13,17,21H,5-10,12H2,(H,22,24,25)/t35-,36?;17-;/m11./s1. The van der Waals surface area contributed by atoms with Crippen LogP contribution >= 0.6 is 0 Å². The molecule has 0 spiro atoms. The number of imidazole rings is 2. The third kappa shape index (κ3) is 14.8. The van der Waals surface area contributed by atoms with Crippen LogP contribution in [0.4, 0.5) is 30.6 Å². The number of Topliss-reactive ketones (excluding diaryl/α,β-unsaturated/α-hetero) is 2. The van der Waals surface area contributed by atoms with Gasteiger partial charge in [-0.15, -0.1) is 10.2 Å². The van der Waals surface area contributed by atoms with E-state index in [0.717, 1.165) is 159 Å². The molecule has 0 bridgehead atoms. The number of hydrogen-bond donors (Lipinski definition) is 2. The summed E-state index contributed by atoms with van der Waals surface area (Å²) in [5.41, 5.74) is 10.8. The molecule has 13 heterocycles. The molecule has 6 fully saturated rings. The van der Waals surface area contributed by atoms with E-state index in [2.05, 4.69) is 64.0 Å². The van der Waals surface area contributed by atoms with Crippen LogP contribution in [0.15, 0.2) is 158 Å². The highest BCUT2D eigenvalue weighted by molar-refractivity contribution is 6.08. The summed E-state index contributed by atoms with van der Waals surface area (Å²) in [4.78, 5) is 101. The van der Waals surface area contributed by atoms with Gasteiger partial charge < -0.3 is 29.8 Å². The lowest BCUT2D eigenvalue weighted by atomic mass is 9.92. The molecule has 24 heteroatoms. The van der Waals surface area contributed by atoms with E-state index < -0.39 is 18.0 Å². The average molecular weight is 1440 g/mol. The normalized spacial score (nSPS) is 20.3. The Labute approximate surface area is 615 Å². The third-order valence-electron chi connectivity index (χ3n) is 21.5. The molecular formula is C83H76F3N15O6. The van der Waals surface area contributed by atoms with E-state index in [4.69, 9.17) is 15.2 Å². The fraction of sp³-hybridized carbons (Fsp3) is 0.325. The van der Waals surface area contributed by atoms with Crippen LogP contribution in [0.1, 0.15) is 150 Å². The van der Waals surface area contributed by atoms with Crippen molar-refractivity contribution in [2.75, 3.05) is 54.0 Å². The molecule has 5 saturated heterocycles. The molecule has 8 aliphatic rings. The summed E-state index contributed by atoms with van der Waals surface area (Å²) >= 11 is 0. The van der Waals surface area contributed by atoms with Crippen molar-refractivity contribution >= 4 is 63.9 Å². The van der Waals surface area contributed by atoms with Crippen molar-refractivity contribution in [2.45, 2.75) is 121 Å². The molecule has 1 saturated carbocycles. The molecule has 0 radical (unpaired) electrons. The lowest BCUT2D eigenvalue weighted by Crippen LogP contribution is -2.52. The van der Waals surface area contributed by atoms with Gasteiger partial charge in [-0.1, -0.05) is 60.1 Å². The second kappa shape index (κ2) is 30.3. The van der Waals surface area contributed by atoms with E-state index in [1.807, 2.05) is 95.6 Å². The summed E-state index contributed by atoms with van der Waals surface area (Å²) in [6.45, 7) is 6.13. The molecule has 4 amide bonds. The number of amides is 4. The molecule has 18 rings (SSSR count). The number of fused-ring (bicyclic) bond motifs is 4. The van der Waals surface area contributed by atoms with Crippen molar-refractivity contribution in [3.05, 3.63) is 220 Å². The number of carbonyl (C=O) groups is 6. The van der Waals surface area contributed by atoms with Gasteiger partial charge in [0.05, 0.1) is 48.3 Å². The van der Waals surface area contributed by atoms with Crippen LogP contribution in [0.3, 0.4) is 0 Å². The zero-order chi connectivity index (χ0) is 73.2. The van der Waals surface area contributed by atoms with E-state index in [9.17, 15) is 41.9 Å². The van der Waals surface area contributed by atoms with Gasteiger partial charge in [-0.05, 0) is 209 Å². The minimum absolute atomic E-state index is 0.0460. The number of hydrogen-bond acceptors (Lipinski definition) is 16. The Kier molecular flexibility index (Phi) is 19.7. The maximum absolute atomic E-state index is 14.1. The Morgan fingerprint density at radius 1 is 0.467 bits per heavy atom. The first kappa shape index (κ1) is 69.5. The van der Waals surface area contributed by atoms with E-state index >= 15 is 0 Å². The second-order valence-corrected chi connectivity index (χ2v) is 28.4. The van der Waals surface area contributed by atoms with Crippen LogP contribution in [-0.2, 0) is 32.3 Å². The Morgan fingerprint density at radius 2 is 1.00 bits per heavy atom. The van der Waals surface area contributed by atoms with Gasteiger partial charge in [-0.25, -0.2) is 37.7 Å². The largest absolute Gasteiger partial charge is 0.357 e. The van der Waals surface area contributed by atoms with Crippen molar-refractivity contribution < 1.29 is 41.9 Å². The van der Waals surface area contributed by atoms with E-state index in [-0.39, 0.29) is 77.7 Å². The Bertz CT molecular complexity index is 5300. The minimum atomic E-state index is -0.572. The number of benzene rings is 4. The summed E-state index contributed by atoms with van der Waals surface area (Å²) in [5, 5.41) is 15.4. The van der Waals surface area contributed by atoms with Crippen molar-refractivity contribution in [1.82, 2.24) is 59.6 Å². The zero-order valence-corrected chi connectivity index (χ0v) is 58.7. The van der Waals surface area contributed by atoms with Crippen molar-refractivity contribution in [1.29, 1.82) is 0 Å². The lowest BCUT2D eigenvalue weighted by molar-refractivity contribution is -0.137. The van der Waals surface area contributed by atoms with Gasteiger partial charge >= 0.3 is 0 Å². The number of anilines is 3. The Balaban J connectivity index is 0.000000136. The number of nitrogens with zero attached hydrogens (tertiary/aromatic N) is 13. The highest BCUT2D eigenvalue weighted by Gasteiger charge is 2.41. The monoisotopic (exact) mass is 1440 g/mol. The Hall–Kier alpha value is -11.9. The van der Waals surface area contributed by atoms with Gasteiger partial charge in [-0.3, -0.25) is 34.1 Å². The summed E-state index contributed by atoms with van der Waals surface area (Å²) in [5.74, 6) is 14.4. The van der Waals surface area contributed by atoms with E-state index in [0.29, 0.717) is 66.4 Å². The van der Waals surface area contributed by atoms with Crippen molar-refractivity contribution in [2.24, 2.45) is 11.8 Å². The molecular weight excluding hydrogens is 1360 g/mol. The first-order valence-corrected chi connectivity index (χ1v) is 36.8. The maximum Gasteiger partial charge on any atom is 0.255 e. The SMILES string of the molecule is Fc1cccc([C@H]2CCCN2c2ccc3ncc(-c4cccc(F)n4)n3n2)c1.O=C1CCC(N2Cc3cc(C#CC4CCN(c5cccc(-c6cnc7ccc(N8CCC[C@@H]8c8cccc(F)c8)nn67)n5)CC4)ccc3C2=O)C(=O)C1.O=C1CCC(N2Cc3cc(C#CC4CCNCC4)ccc3C2=O)C(=O)N1. The van der Waals surface area contributed by atoms with Crippen molar-refractivity contribution in [3.63, 3.8) is 0 Å². The highest BCUT2D eigenvalue weighted by Crippen LogP contribution is 2.39. The number of carbonyl (C=O) groups excluding carboxylic acids is 6. The number of nitrogens with one attached hydrogen (secondary N) is 2. The fourth-order valence-corrected chi connectivity index (χ4v) is 16.0. The molecule has 1 aliphatic carbocycles. The summed E-state index contributed by atoms with van der Waals surface area (Å²) < 4.78 is 44.9. The summed E-state index contributed by atoms with van der Waals surface area (Å²) in [6, 6.07) is 42.4. The number of piperidine rings is 3. The van der Waals surface area contributed by atoms with Gasteiger partial charge in [0.1, 0.15) is 52.3 Å². The number of rotatable bonds is 9. The molecule has 6 aromatic heterocycles. The molecule has 2 N–H and O–H groups in total.